The molecule has 3 rings (SSSR count). The number of aryl methyl sites for hydroxylation is 1. The van der Waals surface area contributed by atoms with E-state index in [9.17, 15) is 14.4 Å². The second-order valence-electron chi connectivity index (χ2n) is 12.6. The highest BCUT2D eigenvalue weighted by Gasteiger charge is 2.21. The highest BCUT2D eigenvalue weighted by molar-refractivity contribution is 6.10. The van der Waals surface area contributed by atoms with Crippen LogP contribution in [-0.4, -0.2) is 32.1 Å². The molecular weight excluding hydrogens is 614 g/mol. The molecule has 4 amide bonds. The van der Waals surface area contributed by atoms with Crippen LogP contribution in [0.4, 0.5) is 16.2 Å². The number of hydrogen-bond donors (Lipinski definition) is 3. The van der Waals surface area contributed by atoms with Gasteiger partial charge in [0.05, 0.1) is 25.6 Å². The monoisotopic (exact) mass is 671 g/mol. The van der Waals surface area contributed by atoms with E-state index in [4.69, 9.17) is 9.47 Å². The van der Waals surface area contributed by atoms with Gasteiger partial charge in [-0.1, -0.05) is 122 Å². The third-order valence-electron chi connectivity index (χ3n) is 8.85. The molecule has 0 heterocycles. The first-order valence-corrected chi connectivity index (χ1v) is 18.3. The summed E-state index contributed by atoms with van der Waals surface area (Å²) in [6.45, 7) is 4.05. The van der Waals surface area contributed by atoms with Gasteiger partial charge in [-0.25, -0.2) is 4.79 Å². The number of carbonyl (C=O) groups excluding carboxylic acids is 3. The van der Waals surface area contributed by atoms with Crippen molar-refractivity contribution in [1.82, 2.24) is 5.32 Å². The van der Waals surface area contributed by atoms with Crippen LogP contribution in [0.1, 0.15) is 126 Å². The van der Waals surface area contributed by atoms with Crippen molar-refractivity contribution in [3.63, 3.8) is 0 Å². The number of anilines is 2. The normalized spacial score (nSPS) is 10.8. The van der Waals surface area contributed by atoms with Crippen molar-refractivity contribution in [2.45, 2.75) is 117 Å². The zero-order chi connectivity index (χ0) is 35.3. The molecule has 8 nitrogen and oxygen atoms in total. The lowest BCUT2D eigenvalue weighted by Crippen LogP contribution is -2.34. The Labute approximate surface area is 293 Å². The summed E-state index contributed by atoms with van der Waals surface area (Å²) in [4.78, 5) is 38.5. The van der Waals surface area contributed by atoms with Gasteiger partial charge in [-0.3, -0.25) is 14.9 Å². The molecular formula is C41H57N3O5. The van der Waals surface area contributed by atoms with Crippen molar-refractivity contribution in [2.75, 3.05) is 24.9 Å². The van der Waals surface area contributed by atoms with Crippen LogP contribution in [0.15, 0.2) is 60.7 Å². The number of nitrogens with one attached hydrogen (secondary N) is 3. The molecule has 3 N–H and O–H groups in total. The Morgan fingerprint density at radius 1 is 0.612 bits per heavy atom. The molecule has 0 spiro atoms. The molecule has 0 saturated heterocycles. The molecule has 0 bridgehead atoms. The average molecular weight is 672 g/mol. The third kappa shape index (κ3) is 13.2. The van der Waals surface area contributed by atoms with Crippen molar-refractivity contribution < 1.29 is 23.9 Å². The predicted octanol–water partition coefficient (Wildman–Crippen LogP) is 10.7. The van der Waals surface area contributed by atoms with E-state index in [-0.39, 0.29) is 5.91 Å². The molecule has 8 heteroatoms. The van der Waals surface area contributed by atoms with Gasteiger partial charge in [0, 0.05) is 17.5 Å². The van der Waals surface area contributed by atoms with E-state index in [1.54, 1.807) is 63.6 Å². The fourth-order valence-corrected chi connectivity index (χ4v) is 6.08. The number of carbonyl (C=O) groups is 3. The van der Waals surface area contributed by atoms with E-state index in [2.05, 4.69) is 22.9 Å². The highest BCUT2D eigenvalue weighted by atomic mass is 16.5. The molecule has 0 radical (unpaired) electrons. The van der Waals surface area contributed by atoms with Gasteiger partial charge in [-0.05, 0) is 60.4 Å². The topological polar surface area (TPSA) is 106 Å². The maximum Gasteiger partial charge on any atom is 0.326 e. The van der Waals surface area contributed by atoms with Crippen molar-refractivity contribution >= 4 is 29.2 Å². The molecule has 0 atom stereocenters. The number of ether oxygens (including phenoxy) is 2. The zero-order valence-corrected chi connectivity index (χ0v) is 30.1. The maximum absolute atomic E-state index is 13.1. The van der Waals surface area contributed by atoms with Crippen molar-refractivity contribution in [3.05, 3.63) is 71.8 Å². The van der Waals surface area contributed by atoms with Crippen LogP contribution in [0, 0.1) is 0 Å². The minimum Gasteiger partial charge on any atom is -0.493 e. The Morgan fingerprint density at radius 2 is 1.14 bits per heavy atom. The number of benzene rings is 3. The fraction of sp³-hybridized carbons (Fsp3) is 0.488. The Hall–Kier alpha value is -4.33. The first-order valence-electron chi connectivity index (χ1n) is 18.3. The van der Waals surface area contributed by atoms with Gasteiger partial charge in [0.25, 0.3) is 5.91 Å². The Morgan fingerprint density at radius 3 is 1.69 bits per heavy atom. The second-order valence-corrected chi connectivity index (χ2v) is 12.6. The molecule has 49 heavy (non-hydrogen) atoms. The van der Waals surface area contributed by atoms with E-state index < -0.39 is 11.9 Å². The van der Waals surface area contributed by atoms with Crippen molar-refractivity contribution in [1.29, 1.82) is 0 Å². The molecule has 266 valence electrons. The Kier molecular flexibility index (Phi) is 17.8. The lowest BCUT2D eigenvalue weighted by molar-refractivity contribution is -0.115. The van der Waals surface area contributed by atoms with Gasteiger partial charge >= 0.3 is 6.03 Å². The Balaban J connectivity index is 1.73. The molecule has 0 fully saturated rings. The SMILES string of the molecule is CCCCCCCCCCCCCCCCc1cc(OC)c(OC)cc1-c1c(NC(=O)CC)cccc1NC(=O)NC(=O)c1ccccc1. The first kappa shape index (κ1) is 39.1. The Bertz CT molecular complexity index is 1460. The number of urea groups is 1. The molecule has 0 saturated carbocycles. The lowest BCUT2D eigenvalue weighted by Gasteiger charge is -2.21. The summed E-state index contributed by atoms with van der Waals surface area (Å²) in [6.07, 6.45) is 19.1. The van der Waals surface area contributed by atoms with Gasteiger partial charge in [0.1, 0.15) is 0 Å². The van der Waals surface area contributed by atoms with E-state index in [0.717, 1.165) is 30.4 Å². The maximum atomic E-state index is 13.1. The zero-order valence-electron chi connectivity index (χ0n) is 30.1. The van der Waals surface area contributed by atoms with Crippen LogP contribution in [0.25, 0.3) is 11.1 Å². The van der Waals surface area contributed by atoms with Crippen molar-refractivity contribution in [2.24, 2.45) is 0 Å². The molecule has 0 aliphatic rings. The summed E-state index contributed by atoms with van der Waals surface area (Å²) >= 11 is 0. The molecule has 0 aliphatic heterocycles. The van der Waals surface area contributed by atoms with Crippen molar-refractivity contribution in [3.8, 4) is 22.6 Å². The largest absolute Gasteiger partial charge is 0.493 e. The summed E-state index contributed by atoms with van der Waals surface area (Å²) in [5, 5.41) is 8.27. The average Bonchev–Trinajstić information content (AvgIpc) is 3.12. The highest BCUT2D eigenvalue weighted by Crippen LogP contribution is 2.43. The third-order valence-corrected chi connectivity index (χ3v) is 8.85. The molecule has 0 aliphatic carbocycles. The number of unbranched alkanes of at least 4 members (excludes halogenated alkanes) is 13. The van der Waals surface area contributed by atoms with Crippen LogP contribution >= 0.6 is 0 Å². The second kappa shape index (κ2) is 22.3. The van der Waals surface area contributed by atoms with Crippen LogP contribution in [0.3, 0.4) is 0 Å². The number of hydrogen-bond acceptors (Lipinski definition) is 5. The molecule has 0 aromatic heterocycles. The van der Waals surface area contributed by atoms with Crippen LogP contribution < -0.4 is 25.4 Å². The van der Waals surface area contributed by atoms with Gasteiger partial charge in [-0.2, -0.15) is 0 Å². The van der Waals surface area contributed by atoms with Gasteiger partial charge < -0.3 is 20.1 Å². The van der Waals surface area contributed by atoms with Gasteiger partial charge in [0.2, 0.25) is 5.91 Å². The minimum atomic E-state index is -0.678. The van der Waals surface area contributed by atoms with Gasteiger partial charge in [-0.15, -0.1) is 0 Å². The first-order chi connectivity index (χ1) is 23.9. The van der Waals surface area contributed by atoms with Crippen LogP contribution in [-0.2, 0) is 11.2 Å². The van der Waals surface area contributed by atoms with Crippen LogP contribution in [0.5, 0.6) is 11.5 Å². The van der Waals surface area contributed by atoms with E-state index >= 15 is 0 Å². The molecule has 3 aromatic carbocycles. The smallest absolute Gasteiger partial charge is 0.326 e. The predicted molar refractivity (Wildman–Crippen MR) is 201 cm³/mol. The summed E-state index contributed by atoms with van der Waals surface area (Å²) in [6, 6.07) is 17.1. The number of rotatable bonds is 22. The fourth-order valence-electron chi connectivity index (χ4n) is 6.08. The number of amides is 4. The van der Waals surface area contributed by atoms with E-state index in [0.29, 0.717) is 40.4 Å². The summed E-state index contributed by atoms with van der Waals surface area (Å²) in [5.74, 6) is 0.478. The number of imide groups is 1. The standard InChI is InChI=1S/C41H57N3O5/c1-5-7-8-9-10-11-12-13-14-15-16-17-18-20-26-32-29-36(48-3)37(49-4)30-33(32)39-34(42-38(45)6-2)27-23-28-35(39)43-41(47)44-40(46)31-24-21-19-22-25-31/h19,21-25,27-30H,5-18,20,26H2,1-4H3,(H,42,45)(H2,43,44,46,47). The molecule has 0 unspecified atom stereocenters. The quantitative estimate of drug-likeness (QED) is 0.0922. The van der Waals surface area contributed by atoms with E-state index in [1.165, 1.54) is 77.0 Å². The summed E-state index contributed by atoms with van der Waals surface area (Å²) in [5.41, 5.74) is 3.82. The minimum absolute atomic E-state index is 0.156. The van der Waals surface area contributed by atoms with Gasteiger partial charge in [0.15, 0.2) is 11.5 Å². The summed E-state index contributed by atoms with van der Waals surface area (Å²) < 4.78 is 11.4. The number of methoxy groups -OCH3 is 2. The van der Waals surface area contributed by atoms with E-state index in [1.807, 2.05) is 18.2 Å². The van der Waals surface area contributed by atoms with Crippen LogP contribution in [0.2, 0.25) is 0 Å². The summed E-state index contributed by atoms with van der Waals surface area (Å²) in [7, 11) is 3.20. The molecule has 3 aromatic rings. The lowest BCUT2D eigenvalue weighted by atomic mass is 9.92.